The molecule has 0 unspecified atom stereocenters. The molecule has 0 bridgehead atoms. The number of amides is 2. The Bertz CT molecular complexity index is 1040. The van der Waals surface area contributed by atoms with Gasteiger partial charge in [-0.25, -0.2) is 5.43 Å². The monoisotopic (exact) mass is 411 g/mol. The Morgan fingerprint density at radius 2 is 2.00 bits per heavy atom. The second-order valence-electron chi connectivity index (χ2n) is 5.72. The predicted octanol–water partition coefficient (Wildman–Crippen LogP) is 2.20. The lowest BCUT2D eigenvalue weighted by atomic mass is 10.2. The molecule has 0 spiro atoms. The minimum Gasteiger partial charge on any atom is -0.504 e. The summed E-state index contributed by atoms with van der Waals surface area (Å²) in [6.45, 7) is 0. The van der Waals surface area contributed by atoms with Crippen molar-refractivity contribution in [3.63, 3.8) is 0 Å². The minimum absolute atomic E-state index is 0.0140. The van der Waals surface area contributed by atoms with Crippen LogP contribution in [0.1, 0.15) is 20.9 Å². The first kappa shape index (κ1) is 20.0. The smallest absolute Gasteiger partial charge is 0.257 e. The normalized spacial score (nSPS) is 10.7. The van der Waals surface area contributed by atoms with Crippen molar-refractivity contribution in [1.82, 2.24) is 15.6 Å². The van der Waals surface area contributed by atoms with Crippen molar-refractivity contribution in [2.75, 3.05) is 12.4 Å². The zero-order chi connectivity index (χ0) is 20.6. The molecule has 0 atom stereocenters. The first-order chi connectivity index (χ1) is 14.0. The van der Waals surface area contributed by atoms with Gasteiger partial charge in [0.15, 0.2) is 11.5 Å². The largest absolute Gasteiger partial charge is 0.504 e. The Morgan fingerprint density at radius 1 is 1.21 bits per heavy atom. The zero-order valence-corrected chi connectivity index (χ0v) is 16.1. The molecule has 0 aliphatic rings. The van der Waals surface area contributed by atoms with E-state index in [1.54, 1.807) is 36.4 Å². The van der Waals surface area contributed by atoms with Crippen LogP contribution in [0.2, 0.25) is 0 Å². The van der Waals surface area contributed by atoms with Crippen molar-refractivity contribution < 1.29 is 19.4 Å². The highest BCUT2D eigenvalue weighted by atomic mass is 32.1. The van der Waals surface area contributed by atoms with E-state index >= 15 is 0 Å². The molecule has 148 valence electrons. The molecule has 0 saturated carbocycles. The van der Waals surface area contributed by atoms with Crippen molar-refractivity contribution >= 4 is 34.5 Å². The van der Waals surface area contributed by atoms with Crippen molar-refractivity contribution in [3.05, 3.63) is 64.7 Å². The van der Waals surface area contributed by atoms with Crippen LogP contribution in [0.5, 0.6) is 11.5 Å². The summed E-state index contributed by atoms with van der Waals surface area (Å²) in [5.41, 5.74) is 3.53. The fourth-order valence-corrected chi connectivity index (χ4v) is 3.00. The number of phenolic OH excluding ortho intramolecular Hbond substituents is 1. The van der Waals surface area contributed by atoms with Gasteiger partial charge in [-0.1, -0.05) is 29.5 Å². The molecule has 0 radical (unpaired) electrons. The molecule has 1 aromatic heterocycles. The van der Waals surface area contributed by atoms with Gasteiger partial charge < -0.3 is 9.84 Å². The maximum atomic E-state index is 12.1. The number of methoxy groups -OCH3 is 1. The molecule has 3 aromatic rings. The lowest BCUT2D eigenvalue weighted by Gasteiger charge is -2.03. The molecule has 3 rings (SSSR count). The number of hydrogen-bond donors (Lipinski definition) is 3. The third-order valence-corrected chi connectivity index (χ3v) is 4.48. The Kier molecular flexibility index (Phi) is 6.48. The summed E-state index contributed by atoms with van der Waals surface area (Å²) < 4.78 is 5.01. The number of hydrazone groups is 1. The van der Waals surface area contributed by atoms with Gasteiger partial charge in [-0.05, 0) is 35.9 Å². The molecule has 0 fully saturated rings. The Labute approximate surface area is 170 Å². The average Bonchev–Trinajstić information content (AvgIpc) is 3.16. The van der Waals surface area contributed by atoms with Gasteiger partial charge >= 0.3 is 0 Å². The summed E-state index contributed by atoms with van der Waals surface area (Å²) in [4.78, 5) is 24.1. The van der Waals surface area contributed by atoms with Crippen LogP contribution in [0.25, 0.3) is 0 Å². The van der Waals surface area contributed by atoms with Crippen LogP contribution in [-0.2, 0) is 11.2 Å². The lowest BCUT2D eigenvalue weighted by Crippen LogP contribution is -2.19. The summed E-state index contributed by atoms with van der Waals surface area (Å²) in [6, 6.07) is 13.4. The molecule has 3 N–H and O–H groups in total. The Hall–Kier alpha value is -3.79. The molecule has 0 aliphatic heterocycles. The van der Waals surface area contributed by atoms with E-state index in [1.165, 1.54) is 19.4 Å². The Morgan fingerprint density at radius 3 is 2.76 bits per heavy atom. The summed E-state index contributed by atoms with van der Waals surface area (Å²) in [5, 5.41) is 24.6. The van der Waals surface area contributed by atoms with Crippen molar-refractivity contribution in [3.8, 4) is 11.5 Å². The van der Waals surface area contributed by atoms with Crippen LogP contribution in [0.4, 0.5) is 5.13 Å². The third-order valence-electron chi connectivity index (χ3n) is 3.64. The van der Waals surface area contributed by atoms with Gasteiger partial charge in [0.2, 0.25) is 11.0 Å². The van der Waals surface area contributed by atoms with E-state index in [0.717, 1.165) is 11.3 Å². The van der Waals surface area contributed by atoms with Crippen molar-refractivity contribution in [2.24, 2.45) is 5.10 Å². The molecule has 29 heavy (non-hydrogen) atoms. The maximum absolute atomic E-state index is 12.1. The molecule has 1 heterocycles. The Balaban J connectivity index is 1.52. The lowest BCUT2D eigenvalue weighted by molar-refractivity contribution is -0.120. The van der Waals surface area contributed by atoms with Crippen LogP contribution in [-0.4, -0.2) is 40.4 Å². The molecule has 10 heteroatoms. The number of carbonyl (C=O) groups is 2. The third kappa shape index (κ3) is 5.59. The molecule has 2 aromatic carbocycles. The van der Waals surface area contributed by atoms with Crippen LogP contribution in [0.3, 0.4) is 0 Å². The number of carbonyl (C=O) groups excluding carboxylic acids is 2. The topological polar surface area (TPSA) is 126 Å². The quantitative estimate of drug-likeness (QED) is 0.404. The summed E-state index contributed by atoms with van der Waals surface area (Å²) in [7, 11) is 1.44. The molecule has 0 aliphatic carbocycles. The zero-order valence-electron chi connectivity index (χ0n) is 15.3. The fourth-order valence-electron chi connectivity index (χ4n) is 2.26. The summed E-state index contributed by atoms with van der Waals surface area (Å²) >= 11 is 1.11. The summed E-state index contributed by atoms with van der Waals surface area (Å²) in [5.74, 6) is -0.366. The van der Waals surface area contributed by atoms with E-state index < -0.39 is 0 Å². The van der Waals surface area contributed by atoms with Crippen LogP contribution in [0, 0.1) is 0 Å². The van der Waals surface area contributed by atoms with Crippen molar-refractivity contribution in [1.29, 1.82) is 0 Å². The molecule has 2 amide bonds. The second-order valence-corrected chi connectivity index (χ2v) is 6.78. The average molecular weight is 411 g/mol. The number of nitrogens with zero attached hydrogens (tertiary/aromatic N) is 3. The van der Waals surface area contributed by atoms with Crippen LogP contribution < -0.4 is 15.5 Å². The van der Waals surface area contributed by atoms with Gasteiger partial charge in [-0.3, -0.25) is 14.9 Å². The van der Waals surface area contributed by atoms with E-state index in [4.69, 9.17) is 4.74 Å². The number of benzene rings is 2. The number of phenols is 1. The first-order valence-electron chi connectivity index (χ1n) is 8.43. The highest BCUT2D eigenvalue weighted by molar-refractivity contribution is 7.15. The van der Waals surface area contributed by atoms with Gasteiger partial charge in [-0.2, -0.15) is 5.10 Å². The van der Waals surface area contributed by atoms with Crippen molar-refractivity contribution in [2.45, 2.75) is 6.42 Å². The number of aromatic nitrogens is 2. The maximum Gasteiger partial charge on any atom is 0.257 e. The minimum atomic E-state index is -0.385. The number of aromatic hydroxyl groups is 1. The van der Waals surface area contributed by atoms with E-state index in [9.17, 15) is 14.7 Å². The molecular weight excluding hydrogens is 394 g/mol. The molecular formula is C19H17N5O4S. The van der Waals surface area contributed by atoms with Gasteiger partial charge in [0.1, 0.15) is 5.01 Å². The van der Waals surface area contributed by atoms with Crippen LogP contribution in [0.15, 0.2) is 53.6 Å². The number of ether oxygens (including phenoxy) is 1. The van der Waals surface area contributed by atoms with Gasteiger partial charge in [0, 0.05) is 5.56 Å². The highest BCUT2D eigenvalue weighted by Gasteiger charge is 2.12. The number of rotatable bonds is 7. The number of nitrogens with one attached hydrogen (secondary N) is 2. The molecule has 9 nitrogen and oxygen atoms in total. The van der Waals surface area contributed by atoms with Crippen LogP contribution >= 0.6 is 11.3 Å². The first-order valence-corrected chi connectivity index (χ1v) is 9.24. The van der Waals surface area contributed by atoms with E-state index in [2.05, 4.69) is 26.0 Å². The summed E-state index contributed by atoms with van der Waals surface area (Å²) in [6.07, 6.45) is 1.39. The predicted molar refractivity (Wildman–Crippen MR) is 108 cm³/mol. The number of hydrogen-bond acceptors (Lipinski definition) is 8. The second kappa shape index (κ2) is 9.42. The van der Waals surface area contributed by atoms with E-state index in [0.29, 0.717) is 27.0 Å². The number of anilines is 1. The van der Waals surface area contributed by atoms with Gasteiger partial charge in [0.05, 0.1) is 19.7 Å². The van der Waals surface area contributed by atoms with E-state index in [-0.39, 0.29) is 24.0 Å². The highest BCUT2D eigenvalue weighted by Crippen LogP contribution is 2.25. The SMILES string of the molecule is COc1cc(/C=N/NC(=O)Cc2nnc(NC(=O)c3ccccc3)s2)ccc1O. The fraction of sp³-hybridized carbons (Fsp3) is 0.105. The van der Waals surface area contributed by atoms with E-state index in [1.807, 2.05) is 6.07 Å². The van der Waals surface area contributed by atoms with Gasteiger partial charge in [-0.15, -0.1) is 10.2 Å². The van der Waals surface area contributed by atoms with Gasteiger partial charge in [0.25, 0.3) is 5.91 Å². The molecule has 0 saturated heterocycles. The standard InChI is InChI=1S/C19H17N5O4S/c1-28-15-9-12(7-8-14(15)25)11-20-22-16(26)10-17-23-24-19(29-17)21-18(27)13-5-3-2-4-6-13/h2-9,11,25H,10H2,1H3,(H,22,26)(H,21,24,27)/b20-11+.